The zero-order valence-corrected chi connectivity index (χ0v) is 18.5. The third-order valence-corrected chi connectivity index (χ3v) is 5.27. The minimum atomic E-state index is 0.0634. The molecule has 1 aromatic carbocycles. The summed E-state index contributed by atoms with van der Waals surface area (Å²) >= 11 is 6.09. The van der Waals surface area contributed by atoms with Crippen molar-refractivity contribution in [2.45, 2.75) is 26.3 Å². The molecule has 1 aliphatic heterocycles. The lowest BCUT2D eigenvalue weighted by Crippen LogP contribution is -2.52. The van der Waals surface area contributed by atoms with Gasteiger partial charge >= 0.3 is 0 Å². The number of methoxy groups -OCH3 is 1. The van der Waals surface area contributed by atoms with Crippen molar-refractivity contribution in [3.8, 4) is 5.75 Å². The number of halogens is 1. The highest BCUT2D eigenvalue weighted by Crippen LogP contribution is 2.23. The van der Waals surface area contributed by atoms with Gasteiger partial charge in [-0.05, 0) is 31.7 Å². The largest absolute Gasteiger partial charge is 0.496 e. The minimum Gasteiger partial charge on any atom is -0.496 e. The first-order valence-electron chi connectivity index (χ1n) is 10.2. The number of amides is 2. The van der Waals surface area contributed by atoms with E-state index in [2.05, 4.69) is 17.1 Å². The molecular weight excluding hydrogens is 392 g/mol. The predicted octanol–water partition coefficient (Wildman–Crippen LogP) is 1.84. The first-order valence-corrected chi connectivity index (χ1v) is 10.6. The van der Waals surface area contributed by atoms with Gasteiger partial charge < -0.3 is 15.0 Å². The Morgan fingerprint density at radius 1 is 1.24 bits per heavy atom. The first-order chi connectivity index (χ1) is 13.9. The standard InChI is InChI=1S/C21H33ClN4O3/c1-4-5-8-23-20(27)15-25-9-11-26(12-10-25)21(28)16-24(2)14-17-13-18(22)6-7-19(17)29-3/h6-7,13H,4-5,8-12,14-16H2,1-3H3,(H,23,27). The topological polar surface area (TPSA) is 65.1 Å². The molecule has 1 aromatic rings. The molecule has 0 aromatic heterocycles. The fourth-order valence-corrected chi connectivity index (χ4v) is 3.56. The highest BCUT2D eigenvalue weighted by atomic mass is 35.5. The van der Waals surface area contributed by atoms with Crippen LogP contribution in [0.3, 0.4) is 0 Å². The zero-order chi connectivity index (χ0) is 21.2. The van der Waals surface area contributed by atoms with E-state index in [0.717, 1.165) is 43.8 Å². The fourth-order valence-electron chi connectivity index (χ4n) is 3.37. The van der Waals surface area contributed by atoms with E-state index in [4.69, 9.17) is 16.3 Å². The van der Waals surface area contributed by atoms with Crippen LogP contribution < -0.4 is 10.1 Å². The van der Waals surface area contributed by atoms with E-state index in [1.54, 1.807) is 13.2 Å². The summed E-state index contributed by atoms with van der Waals surface area (Å²) in [6.45, 7) is 6.88. The Balaban J connectivity index is 1.75. The normalized spacial score (nSPS) is 14.9. The summed E-state index contributed by atoms with van der Waals surface area (Å²) in [6, 6.07) is 5.50. The third kappa shape index (κ3) is 7.84. The quantitative estimate of drug-likeness (QED) is 0.580. The molecule has 1 fully saturated rings. The van der Waals surface area contributed by atoms with Crippen molar-refractivity contribution in [1.29, 1.82) is 0 Å². The Kier molecular flexibility index (Phi) is 9.70. The zero-order valence-electron chi connectivity index (χ0n) is 17.7. The maximum Gasteiger partial charge on any atom is 0.236 e. The second-order valence-corrected chi connectivity index (χ2v) is 7.93. The Hall–Kier alpha value is -1.83. The van der Waals surface area contributed by atoms with Crippen LogP contribution in [-0.4, -0.2) is 86.5 Å². The minimum absolute atomic E-state index is 0.0634. The van der Waals surface area contributed by atoms with Gasteiger partial charge in [0.2, 0.25) is 11.8 Å². The number of piperazine rings is 1. The number of nitrogens with zero attached hydrogens (tertiary/aromatic N) is 3. The molecule has 1 aliphatic rings. The van der Waals surface area contributed by atoms with Crippen LogP contribution in [0.1, 0.15) is 25.3 Å². The maximum atomic E-state index is 12.7. The number of likely N-dealkylation sites (N-methyl/N-ethyl adjacent to an activating group) is 1. The molecule has 1 saturated heterocycles. The average Bonchev–Trinajstić information content (AvgIpc) is 2.68. The summed E-state index contributed by atoms with van der Waals surface area (Å²) in [6.07, 6.45) is 2.07. The number of hydrogen-bond donors (Lipinski definition) is 1. The van der Waals surface area contributed by atoms with Crippen LogP contribution in [0.5, 0.6) is 5.75 Å². The van der Waals surface area contributed by atoms with Crippen LogP contribution in [-0.2, 0) is 16.1 Å². The number of unbranched alkanes of at least 4 members (excludes halogenated alkanes) is 1. The smallest absolute Gasteiger partial charge is 0.236 e. The molecule has 7 nitrogen and oxygen atoms in total. The molecule has 0 unspecified atom stereocenters. The molecule has 0 atom stereocenters. The lowest BCUT2D eigenvalue weighted by atomic mass is 10.2. The van der Waals surface area contributed by atoms with Crippen molar-refractivity contribution in [1.82, 2.24) is 20.0 Å². The number of rotatable bonds is 10. The monoisotopic (exact) mass is 424 g/mol. The Morgan fingerprint density at radius 3 is 2.62 bits per heavy atom. The van der Waals surface area contributed by atoms with Gasteiger partial charge in [-0.1, -0.05) is 24.9 Å². The molecule has 0 spiro atoms. The molecule has 1 N–H and O–H groups in total. The highest BCUT2D eigenvalue weighted by molar-refractivity contribution is 6.30. The molecule has 8 heteroatoms. The highest BCUT2D eigenvalue weighted by Gasteiger charge is 2.23. The lowest BCUT2D eigenvalue weighted by Gasteiger charge is -2.35. The van der Waals surface area contributed by atoms with Gasteiger partial charge in [0.05, 0.1) is 20.2 Å². The number of ether oxygens (including phenoxy) is 1. The fraction of sp³-hybridized carbons (Fsp3) is 0.619. The molecule has 162 valence electrons. The van der Waals surface area contributed by atoms with Crippen molar-refractivity contribution in [3.05, 3.63) is 28.8 Å². The molecular formula is C21H33ClN4O3. The van der Waals surface area contributed by atoms with E-state index in [0.29, 0.717) is 37.7 Å². The van der Waals surface area contributed by atoms with Crippen molar-refractivity contribution >= 4 is 23.4 Å². The van der Waals surface area contributed by atoms with Gasteiger partial charge in [-0.15, -0.1) is 0 Å². The maximum absolute atomic E-state index is 12.7. The molecule has 0 saturated carbocycles. The molecule has 2 amide bonds. The van der Waals surface area contributed by atoms with Crippen LogP contribution in [0.15, 0.2) is 18.2 Å². The molecule has 0 radical (unpaired) electrons. The third-order valence-electron chi connectivity index (χ3n) is 5.03. The van der Waals surface area contributed by atoms with Gasteiger partial charge in [-0.2, -0.15) is 0 Å². The van der Waals surface area contributed by atoms with E-state index in [1.165, 1.54) is 0 Å². The van der Waals surface area contributed by atoms with Crippen LogP contribution >= 0.6 is 11.6 Å². The van der Waals surface area contributed by atoms with Gasteiger partial charge in [-0.3, -0.25) is 19.4 Å². The van der Waals surface area contributed by atoms with Gasteiger partial charge in [0.1, 0.15) is 5.75 Å². The first kappa shape index (κ1) is 23.4. The summed E-state index contributed by atoms with van der Waals surface area (Å²) in [5.74, 6) is 0.925. The van der Waals surface area contributed by atoms with Gasteiger partial charge in [0, 0.05) is 49.9 Å². The van der Waals surface area contributed by atoms with Gasteiger partial charge in [-0.25, -0.2) is 0 Å². The van der Waals surface area contributed by atoms with E-state index in [-0.39, 0.29) is 11.8 Å². The summed E-state index contributed by atoms with van der Waals surface area (Å²) in [5, 5.41) is 3.59. The van der Waals surface area contributed by atoms with E-state index in [1.807, 2.05) is 29.0 Å². The number of benzene rings is 1. The van der Waals surface area contributed by atoms with Gasteiger partial charge in [0.15, 0.2) is 0 Å². The Labute approximate surface area is 178 Å². The Bertz CT molecular complexity index is 678. The Morgan fingerprint density at radius 2 is 1.97 bits per heavy atom. The van der Waals surface area contributed by atoms with Crippen molar-refractivity contribution in [2.24, 2.45) is 0 Å². The molecule has 0 bridgehead atoms. The van der Waals surface area contributed by atoms with Crippen LogP contribution in [0, 0.1) is 0 Å². The molecule has 0 aliphatic carbocycles. The van der Waals surface area contributed by atoms with E-state index in [9.17, 15) is 9.59 Å². The SMILES string of the molecule is CCCCNC(=O)CN1CCN(C(=O)CN(C)Cc2cc(Cl)ccc2OC)CC1. The summed E-state index contributed by atoms with van der Waals surface area (Å²) in [4.78, 5) is 30.5. The van der Waals surface area contributed by atoms with Crippen molar-refractivity contribution in [2.75, 3.05) is 60.0 Å². The summed E-state index contributed by atoms with van der Waals surface area (Å²) in [5.41, 5.74) is 0.953. The summed E-state index contributed by atoms with van der Waals surface area (Å²) < 4.78 is 5.38. The van der Waals surface area contributed by atoms with E-state index < -0.39 is 0 Å². The number of hydrogen-bond acceptors (Lipinski definition) is 5. The summed E-state index contributed by atoms with van der Waals surface area (Å²) in [7, 11) is 3.54. The van der Waals surface area contributed by atoms with Crippen LogP contribution in [0.2, 0.25) is 5.02 Å². The molecule has 1 heterocycles. The number of carbonyl (C=O) groups is 2. The van der Waals surface area contributed by atoms with Crippen molar-refractivity contribution < 1.29 is 14.3 Å². The molecule has 2 rings (SSSR count). The predicted molar refractivity (Wildman–Crippen MR) is 115 cm³/mol. The second-order valence-electron chi connectivity index (χ2n) is 7.49. The van der Waals surface area contributed by atoms with E-state index >= 15 is 0 Å². The van der Waals surface area contributed by atoms with Crippen LogP contribution in [0.25, 0.3) is 0 Å². The lowest BCUT2D eigenvalue weighted by molar-refractivity contribution is -0.134. The van der Waals surface area contributed by atoms with Crippen molar-refractivity contribution in [3.63, 3.8) is 0 Å². The second kappa shape index (κ2) is 12.0. The van der Waals surface area contributed by atoms with Gasteiger partial charge in [0.25, 0.3) is 0 Å². The average molecular weight is 425 g/mol. The number of nitrogens with one attached hydrogen (secondary N) is 1. The van der Waals surface area contributed by atoms with Crippen LogP contribution in [0.4, 0.5) is 0 Å². The number of carbonyl (C=O) groups excluding carboxylic acids is 2. The molecule has 29 heavy (non-hydrogen) atoms.